The fraction of sp³-hybridized carbons (Fsp3) is 0.500. The Kier molecular flexibility index (Phi) is 4.11. The second-order valence-electron chi connectivity index (χ2n) is 4.64. The van der Waals surface area contributed by atoms with Crippen LogP contribution in [-0.4, -0.2) is 22.7 Å². The molecule has 1 aromatic rings. The highest BCUT2D eigenvalue weighted by molar-refractivity contribution is 7.80. The van der Waals surface area contributed by atoms with Crippen molar-refractivity contribution in [3.63, 3.8) is 0 Å². The molecule has 1 aromatic carbocycles. The maximum atomic E-state index is 12.4. The van der Waals surface area contributed by atoms with E-state index in [4.69, 9.17) is 0 Å². The maximum Gasteiger partial charge on any atom is 0.230 e. The van der Waals surface area contributed by atoms with E-state index in [1.807, 2.05) is 42.2 Å². The highest BCUT2D eigenvalue weighted by Crippen LogP contribution is 2.25. The van der Waals surface area contributed by atoms with Gasteiger partial charge >= 0.3 is 0 Å². The van der Waals surface area contributed by atoms with Crippen molar-refractivity contribution >= 4 is 18.5 Å². The van der Waals surface area contributed by atoms with Crippen LogP contribution in [0.25, 0.3) is 0 Å². The van der Waals surface area contributed by atoms with Crippen molar-refractivity contribution in [3.8, 4) is 0 Å². The zero-order valence-corrected chi connectivity index (χ0v) is 11.1. The Morgan fingerprint density at radius 2 is 2.06 bits per heavy atom. The predicted octanol–water partition coefficient (Wildman–Crippen LogP) is 3.06. The minimum Gasteiger partial charge on any atom is -0.330 e. The van der Waals surface area contributed by atoms with Gasteiger partial charge in [0.25, 0.3) is 0 Å². The van der Waals surface area contributed by atoms with Crippen LogP contribution >= 0.6 is 12.6 Å². The molecule has 0 N–H and O–H groups in total. The van der Waals surface area contributed by atoms with Gasteiger partial charge in [0.05, 0.1) is 11.3 Å². The van der Waals surface area contributed by atoms with Crippen molar-refractivity contribution in [2.45, 2.75) is 37.5 Å². The Bertz CT molecular complexity index is 379. The molecule has 1 aliphatic heterocycles. The molecule has 1 fully saturated rings. The van der Waals surface area contributed by atoms with Crippen molar-refractivity contribution < 1.29 is 4.79 Å². The monoisotopic (exact) mass is 249 g/mol. The molecule has 0 saturated carbocycles. The summed E-state index contributed by atoms with van der Waals surface area (Å²) in [4.78, 5) is 14.3. The number of rotatable bonds is 2. The summed E-state index contributed by atoms with van der Waals surface area (Å²) in [6, 6.07) is 9.96. The lowest BCUT2D eigenvalue weighted by Crippen LogP contribution is -2.42. The Hall–Kier alpha value is -0.960. The molecule has 2 nitrogen and oxygen atoms in total. The van der Waals surface area contributed by atoms with E-state index in [9.17, 15) is 4.79 Å². The summed E-state index contributed by atoms with van der Waals surface area (Å²) in [5.41, 5.74) is 1.09. The molecule has 1 saturated heterocycles. The van der Waals surface area contributed by atoms with Crippen LogP contribution < -0.4 is 0 Å². The Morgan fingerprint density at radius 3 is 2.71 bits per heavy atom. The van der Waals surface area contributed by atoms with Crippen LogP contribution in [0.3, 0.4) is 0 Å². The second-order valence-corrected chi connectivity index (χ2v) is 5.24. The number of likely N-dealkylation sites (tertiary alicyclic amines) is 1. The van der Waals surface area contributed by atoms with Gasteiger partial charge in [0.1, 0.15) is 0 Å². The van der Waals surface area contributed by atoms with E-state index in [0.717, 1.165) is 24.9 Å². The minimum atomic E-state index is -0.0658. The molecule has 2 unspecified atom stereocenters. The summed E-state index contributed by atoms with van der Waals surface area (Å²) in [5, 5.41) is 0.0995. The van der Waals surface area contributed by atoms with Crippen molar-refractivity contribution in [3.05, 3.63) is 35.9 Å². The largest absolute Gasteiger partial charge is 0.330 e. The number of amides is 1. The third-order valence-corrected chi connectivity index (χ3v) is 3.96. The number of carbonyl (C=O) groups excluding carboxylic acids is 1. The van der Waals surface area contributed by atoms with E-state index >= 15 is 0 Å². The van der Waals surface area contributed by atoms with Gasteiger partial charge in [-0.2, -0.15) is 12.6 Å². The van der Waals surface area contributed by atoms with Crippen molar-refractivity contribution in [1.82, 2.24) is 4.90 Å². The standard InChI is InChI=1S/C14H19NOS/c1-11(12-7-3-2-4-8-12)14(16)15-10-6-5-9-13(15)17/h2-4,7-8,11,13,17H,5-6,9-10H2,1H3. The van der Waals surface area contributed by atoms with Crippen LogP contribution in [0.2, 0.25) is 0 Å². The maximum absolute atomic E-state index is 12.4. The average molecular weight is 249 g/mol. The lowest BCUT2D eigenvalue weighted by atomic mass is 9.98. The molecule has 1 aliphatic rings. The third-order valence-electron chi connectivity index (χ3n) is 3.42. The number of benzene rings is 1. The third kappa shape index (κ3) is 2.83. The zero-order chi connectivity index (χ0) is 12.3. The van der Waals surface area contributed by atoms with Crippen LogP contribution in [0.1, 0.15) is 37.7 Å². The Morgan fingerprint density at radius 1 is 1.35 bits per heavy atom. The van der Waals surface area contributed by atoms with Crippen LogP contribution in [0.4, 0.5) is 0 Å². The topological polar surface area (TPSA) is 20.3 Å². The quantitative estimate of drug-likeness (QED) is 0.799. The summed E-state index contributed by atoms with van der Waals surface area (Å²) in [7, 11) is 0. The number of piperidine rings is 1. The first-order valence-corrected chi connectivity index (χ1v) is 6.75. The van der Waals surface area contributed by atoms with Crippen LogP contribution in [0.15, 0.2) is 30.3 Å². The molecule has 0 radical (unpaired) electrons. The van der Waals surface area contributed by atoms with Gasteiger partial charge in [0, 0.05) is 6.54 Å². The molecule has 0 spiro atoms. The normalized spacial score (nSPS) is 22.2. The zero-order valence-electron chi connectivity index (χ0n) is 10.2. The number of carbonyl (C=O) groups is 1. The molecular formula is C14H19NOS. The molecule has 1 heterocycles. The van der Waals surface area contributed by atoms with Crippen LogP contribution in [-0.2, 0) is 4.79 Å². The van der Waals surface area contributed by atoms with Gasteiger partial charge < -0.3 is 4.90 Å². The molecule has 2 atom stereocenters. The lowest BCUT2D eigenvalue weighted by Gasteiger charge is -2.34. The fourth-order valence-corrected chi connectivity index (χ4v) is 2.72. The molecule has 3 heteroatoms. The predicted molar refractivity (Wildman–Crippen MR) is 73.2 cm³/mol. The first-order chi connectivity index (χ1) is 8.20. The van der Waals surface area contributed by atoms with Gasteiger partial charge in [-0.25, -0.2) is 0 Å². The van der Waals surface area contributed by atoms with E-state index in [0.29, 0.717) is 0 Å². The highest BCUT2D eigenvalue weighted by atomic mass is 32.1. The molecule has 92 valence electrons. The smallest absolute Gasteiger partial charge is 0.230 e. The molecule has 17 heavy (non-hydrogen) atoms. The fourth-order valence-electron chi connectivity index (χ4n) is 2.30. The van der Waals surface area contributed by atoms with E-state index < -0.39 is 0 Å². The molecule has 0 bridgehead atoms. The van der Waals surface area contributed by atoms with E-state index in [2.05, 4.69) is 12.6 Å². The van der Waals surface area contributed by atoms with E-state index in [-0.39, 0.29) is 17.2 Å². The summed E-state index contributed by atoms with van der Waals surface area (Å²) in [6.45, 7) is 2.83. The van der Waals surface area contributed by atoms with Crippen molar-refractivity contribution in [2.75, 3.05) is 6.54 Å². The van der Waals surface area contributed by atoms with E-state index in [1.165, 1.54) is 6.42 Å². The SMILES string of the molecule is CC(C(=O)N1CCCCC1S)c1ccccc1. The summed E-state index contributed by atoms with van der Waals surface area (Å²) >= 11 is 4.51. The van der Waals surface area contributed by atoms with Crippen molar-refractivity contribution in [2.24, 2.45) is 0 Å². The molecular weight excluding hydrogens is 230 g/mol. The van der Waals surface area contributed by atoms with Crippen LogP contribution in [0, 0.1) is 0 Å². The van der Waals surface area contributed by atoms with Gasteiger partial charge in [0.2, 0.25) is 5.91 Å². The average Bonchev–Trinajstić information content (AvgIpc) is 2.39. The Balaban J connectivity index is 2.09. The lowest BCUT2D eigenvalue weighted by molar-refractivity contribution is -0.134. The first kappa shape index (κ1) is 12.5. The summed E-state index contributed by atoms with van der Waals surface area (Å²) < 4.78 is 0. The summed E-state index contributed by atoms with van der Waals surface area (Å²) in [6.07, 6.45) is 3.29. The van der Waals surface area contributed by atoms with Gasteiger partial charge in [-0.15, -0.1) is 0 Å². The van der Waals surface area contributed by atoms with Crippen molar-refractivity contribution in [1.29, 1.82) is 0 Å². The van der Waals surface area contributed by atoms with Crippen LogP contribution in [0.5, 0.6) is 0 Å². The van der Waals surface area contributed by atoms with Gasteiger partial charge in [-0.1, -0.05) is 30.3 Å². The number of nitrogens with zero attached hydrogens (tertiary/aromatic N) is 1. The molecule has 1 amide bonds. The second kappa shape index (κ2) is 5.58. The Labute approximate surface area is 108 Å². The molecule has 0 aromatic heterocycles. The van der Waals surface area contributed by atoms with Gasteiger partial charge in [-0.3, -0.25) is 4.79 Å². The number of hydrogen-bond acceptors (Lipinski definition) is 2. The molecule has 2 rings (SSSR count). The van der Waals surface area contributed by atoms with Gasteiger partial charge in [-0.05, 0) is 31.7 Å². The highest BCUT2D eigenvalue weighted by Gasteiger charge is 2.27. The number of thiol groups is 1. The van der Waals surface area contributed by atoms with Gasteiger partial charge in [0.15, 0.2) is 0 Å². The molecule has 0 aliphatic carbocycles. The summed E-state index contributed by atoms with van der Waals surface area (Å²) in [5.74, 6) is 0.139. The van der Waals surface area contributed by atoms with E-state index in [1.54, 1.807) is 0 Å². The number of hydrogen-bond donors (Lipinski definition) is 1. The minimum absolute atomic E-state index is 0.0658. The first-order valence-electron chi connectivity index (χ1n) is 6.23.